The van der Waals surface area contributed by atoms with Crippen molar-refractivity contribution in [2.24, 2.45) is 5.92 Å². The van der Waals surface area contributed by atoms with Gasteiger partial charge in [0.15, 0.2) is 0 Å². The zero-order chi connectivity index (χ0) is 10.7. The van der Waals surface area contributed by atoms with Crippen LogP contribution in [0.2, 0.25) is 4.47 Å². The summed E-state index contributed by atoms with van der Waals surface area (Å²) in [6.07, 6.45) is 0. The summed E-state index contributed by atoms with van der Waals surface area (Å²) in [4.78, 5) is 11.5. The van der Waals surface area contributed by atoms with Gasteiger partial charge in [0, 0.05) is 6.04 Å². The van der Waals surface area contributed by atoms with E-state index in [2.05, 4.69) is 15.5 Å². The van der Waals surface area contributed by atoms with Crippen molar-refractivity contribution >= 4 is 28.8 Å². The van der Waals surface area contributed by atoms with E-state index >= 15 is 0 Å². The van der Waals surface area contributed by atoms with Crippen LogP contribution in [0.4, 0.5) is 0 Å². The molecule has 0 bridgehead atoms. The second kappa shape index (κ2) is 4.70. The van der Waals surface area contributed by atoms with E-state index < -0.39 is 0 Å². The molecule has 4 nitrogen and oxygen atoms in total. The third-order valence-corrected chi connectivity index (χ3v) is 2.97. The summed E-state index contributed by atoms with van der Waals surface area (Å²) in [7, 11) is 0. The number of nitrogens with zero attached hydrogens (tertiary/aromatic N) is 2. The smallest absolute Gasteiger partial charge is 0.282 e. The monoisotopic (exact) mass is 233 g/mol. The third-order valence-electron chi connectivity index (χ3n) is 1.95. The van der Waals surface area contributed by atoms with Gasteiger partial charge < -0.3 is 5.32 Å². The minimum absolute atomic E-state index is 0.116. The molecule has 1 rings (SSSR count). The molecular formula is C8H12ClN3OS. The van der Waals surface area contributed by atoms with Gasteiger partial charge in [-0.05, 0) is 24.4 Å². The molecule has 0 spiro atoms. The van der Waals surface area contributed by atoms with E-state index in [0.29, 0.717) is 10.9 Å². The van der Waals surface area contributed by atoms with Crippen molar-refractivity contribution in [3.05, 3.63) is 9.47 Å². The highest BCUT2D eigenvalue weighted by atomic mass is 35.5. The molecule has 1 atom stereocenters. The topological polar surface area (TPSA) is 54.9 Å². The van der Waals surface area contributed by atoms with Gasteiger partial charge in [-0.1, -0.05) is 25.2 Å². The highest BCUT2D eigenvalue weighted by Gasteiger charge is 2.15. The maximum atomic E-state index is 11.5. The molecule has 0 aliphatic heterocycles. The normalized spacial score (nSPS) is 12.9. The van der Waals surface area contributed by atoms with Crippen LogP contribution >= 0.6 is 22.9 Å². The molecule has 1 unspecified atom stereocenters. The standard InChI is InChI=1S/C8H12ClN3OS/c1-4(2)5(3)10-6(13)7-11-12-8(9)14-7/h4-5H,1-3H3,(H,10,13). The van der Waals surface area contributed by atoms with Gasteiger partial charge in [0.25, 0.3) is 5.91 Å². The summed E-state index contributed by atoms with van der Waals surface area (Å²) in [6, 6.07) is 0.116. The first kappa shape index (κ1) is 11.4. The third kappa shape index (κ3) is 2.92. The molecule has 0 fully saturated rings. The van der Waals surface area contributed by atoms with Gasteiger partial charge >= 0.3 is 0 Å². The Labute approximate surface area is 91.7 Å². The average molecular weight is 234 g/mol. The fraction of sp³-hybridized carbons (Fsp3) is 0.625. The summed E-state index contributed by atoms with van der Waals surface area (Å²) < 4.78 is 0.285. The SMILES string of the molecule is CC(C)C(C)NC(=O)c1nnc(Cl)s1. The van der Waals surface area contributed by atoms with E-state index in [-0.39, 0.29) is 16.4 Å². The minimum atomic E-state index is -0.212. The fourth-order valence-corrected chi connectivity index (χ4v) is 1.46. The van der Waals surface area contributed by atoms with Crippen molar-refractivity contribution < 1.29 is 4.79 Å². The molecule has 1 aromatic rings. The van der Waals surface area contributed by atoms with Gasteiger partial charge in [0.2, 0.25) is 9.47 Å². The zero-order valence-corrected chi connectivity index (χ0v) is 9.82. The van der Waals surface area contributed by atoms with Crippen LogP contribution in [0, 0.1) is 5.92 Å². The first-order chi connectivity index (χ1) is 6.50. The lowest BCUT2D eigenvalue weighted by Crippen LogP contribution is -2.36. The maximum absolute atomic E-state index is 11.5. The number of aromatic nitrogens is 2. The van der Waals surface area contributed by atoms with E-state index in [1.165, 1.54) is 0 Å². The second-order valence-corrected chi connectivity index (χ2v) is 4.93. The molecule has 0 aliphatic carbocycles. The predicted molar refractivity (Wildman–Crippen MR) is 56.7 cm³/mol. The van der Waals surface area contributed by atoms with E-state index in [9.17, 15) is 4.79 Å². The van der Waals surface area contributed by atoms with E-state index in [0.717, 1.165) is 11.3 Å². The molecule has 0 radical (unpaired) electrons. The van der Waals surface area contributed by atoms with E-state index in [1.54, 1.807) is 0 Å². The van der Waals surface area contributed by atoms with Crippen LogP contribution < -0.4 is 5.32 Å². The summed E-state index contributed by atoms with van der Waals surface area (Å²) in [5.41, 5.74) is 0. The molecule has 1 aromatic heterocycles. The predicted octanol–water partition coefficient (Wildman–Crippen LogP) is 1.97. The largest absolute Gasteiger partial charge is 0.347 e. The van der Waals surface area contributed by atoms with Crippen molar-refractivity contribution in [1.82, 2.24) is 15.5 Å². The minimum Gasteiger partial charge on any atom is -0.347 e. The Morgan fingerprint density at radius 1 is 1.43 bits per heavy atom. The maximum Gasteiger partial charge on any atom is 0.282 e. The lowest BCUT2D eigenvalue weighted by molar-refractivity contribution is 0.0929. The van der Waals surface area contributed by atoms with Crippen molar-refractivity contribution in [2.75, 3.05) is 0 Å². The number of carbonyl (C=O) groups is 1. The molecule has 0 saturated carbocycles. The van der Waals surface area contributed by atoms with Crippen LogP contribution in [0.5, 0.6) is 0 Å². The van der Waals surface area contributed by atoms with Crippen LogP contribution in [-0.2, 0) is 0 Å². The number of rotatable bonds is 3. The molecule has 1 amide bonds. The molecule has 78 valence electrons. The van der Waals surface area contributed by atoms with Gasteiger partial charge in [-0.3, -0.25) is 4.79 Å². The Bertz CT molecular complexity index is 326. The number of hydrogen-bond acceptors (Lipinski definition) is 4. The van der Waals surface area contributed by atoms with Gasteiger partial charge in [-0.25, -0.2) is 0 Å². The van der Waals surface area contributed by atoms with Crippen molar-refractivity contribution in [1.29, 1.82) is 0 Å². The first-order valence-corrected chi connectivity index (χ1v) is 5.50. The van der Waals surface area contributed by atoms with E-state index in [1.807, 2.05) is 20.8 Å². The highest BCUT2D eigenvalue weighted by Crippen LogP contribution is 2.14. The average Bonchev–Trinajstić information content (AvgIpc) is 2.51. The van der Waals surface area contributed by atoms with Crippen LogP contribution in [0.15, 0.2) is 0 Å². The Balaban J connectivity index is 2.59. The molecule has 1 heterocycles. The lowest BCUT2D eigenvalue weighted by atomic mass is 10.1. The summed E-state index contributed by atoms with van der Waals surface area (Å²) in [6.45, 7) is 6.03. The lowest BCUT2D eigenvalue weighted by Gasteiger charge is -2.15. The Hall–Kier alpha value is -0.680. The molecular weight excluding hydrogens is 222 g/mol. The Morgan fingerprint density at radius 2 is 2.07 bits per heavy atom. The molecule has 6 heteroatoms. The summed E-state index contributed by atoms with van der Waals surface area (Å²) in [5.74, 6) is 0.179. The van der Waals surface area contributed by atoms with Crippen LogP contribution in [0.1, 0.15) is 30.6 Å². The number of amides is 1. The van der Waals surface area contributed by atoms with Gasteiger partial charge in [0.05, 0.1) is 0 Å². The zero-order valence-electron chi connectivity index (χ0n) is 8.24. The second-order valence-electron chi connectivity index (χ2n) is 3.37. The van der Waals surface area contributed by atoms with E-state index in [4.69, 9.17) is 11.6 Å². The Morgan fingerprint density at radius 3 is 2.50 bits per heavy atom. The number of halogens is 1. The number of carbonyl (C=O) groups excluding carboxylic acids is 1. The quantitative estimate of drug-likeness (QED) is 0.869. The van der Waals surface area contributed by atoms with Gasteiger partial charge in [-0.15, -0.1) is 10.2 Å². The number of nitrogens with one attached hydrogen (secondary N) is 1. The fourth-order valence-electron chi connectivity index (χ4n) is 0.732. The number of hydrogen-bond donors (Lipinski definition) is 1. The van der Waals surface area contributed by atoms with Gasteiger partial charge in [0.1, 0.15) is 0 Å². The van der Waals surface area contributed by atoms with Crippen LogP contribution in [0.25, 0.3) is 0 Å². The van der Waals surface area contributed by atoms with Crippen molar-refractivity contribution in [2.45, 2.75) is 26.8 Å². The van der Waals surface area contributed by atoms with Crippen LogP contribution in [0.3, 0.4) is 0 Å². The summed E-state index contributed by atoms with van der Waals surface area (Å²) in [5, 5.41) is 10.3. The summed E-state index contributed by atoms with van der Waals surface area (Å²) >= 11 is 6.65. The van der Waals surface area contributed by atoms with Crippen LogP contribution in [-0.4, -0.2) is 22.1 Å². The van der Waals surface area contributed by atoms with Crippen molar-refractivity contribution in [3.8, 4) is 0 Å². The molecule has 14 heavy (non-hydrogen) atoms. The van der Waals surface area contributed by atoms with Gasteiger partial charge in [-0.2, -0.15) is 0 Å². The molecule has 1 N–H and O–H groups in total. The van der Waals surface area contributed by atoms with Crippen molar-refractivity contribution in [3.63, 3.8) is 0 Å². The molecule has 0 aromatic carbocycles. The highest BCUT2D eigenvalue weighted by molar-refractivity contribution is 7.17. The molecule has 0 aliphatic rings. The molecule has 0 saturated heterocycles. The first-order valence-electron chi connectivity index (χ1n) is 4.30. The Kier molecular flexibility index (Phi) is 3.83.